The molecule has 3 aromatic rings. The SMILES string of the molecule is Cc1cccc(C)c1NC(=O)COC(=O)CNC(=O)c1ccc(Oc2ccccc2)cc1. The molecular formula is C25H24N2O5. The summed E-state index contributed by atoms with van der Waals surface area (Å²) in [6.45, 7) is 2.97. The number of amides is 2. The summed E-state index contributed by atoms with van der Waals surface area (Å²) in [6, 6.07) is 21.4. The van der Waals surface area contributed by atoms with E-state index in [9.17, 15) is 14.4 Å². The highest BCUT2D eigenvalue weighted by atomic mass is 16.5. The Balaban J connectivity index is 1.42. The van der Waals surface area contributed by atoms with Crippen LogP contribution in [-0.2, 0) is 14.3 Å². The molecule has 0 heterocycles. The molecule has 0 saturated carbocycles. The standard InChI is InChI=1S/C25H24N2O5/c1-17-7-6-8-18(2)24(17)27-22(28)16-31-23(29)15-26-25(30)19-11-13-21(14-12-19)32-20-9-4-3-5-10-20/h3-14H,15-16H2,1-2H3,(H,26,30)(H,27,28). The number of ether oxygens (including phenoxy) is 2. The van der Waals surface area contributed by atoms with E-state index in [4.69, 9.17) is 9.47 Å². The molecule has 0 radical (unpaired) electrons. The second-order valence-electron chi connectivity index (χ2n) is 7.10. The van der Waals surface area contributed by atoms with E-state index in [2.05, 4.69) is 10.6 Å². The van der Waals surface area contributed by atoms with Gasteiger partial charge in [0, 0.05) is 11.3 Å². The largest absolute Gasteiger partial charge is 0.457 e. The van der Waals surface area contributed by atoms with Gasteiger partial charge in [0.05, 0.1) is 0 Å². The van der Waals surface area contributed by atoms with Crippen LogP contribution in [0.1, 0.15) is 21.5 Å². The Kier molecular flexibility index (Phi) is 7.59. The number of aryl methyl sites for hydroxylation is 2. The minimum Gasteiger partial charge on any atom is -0.457 e. The number of carbonyl (C=O) groups is 3. The van der Waals surface area contributed by atoms with Gasteiger partial charge in [-0.3, -0.25) is 14.4 Å². The first kappa shape index (κ1) is 22.6. The molecule has 3 rings (SSSR count). The van der Waals surface area contributed by atoms with Gasteiger partial charge >= 0.3 is 5.97 Å². The van der Waals surface area contributed by atoms with Crippen molar-refractivity contribution < 1.29 is 23.9 Å². The Hall–Kier alpha value is -4.13. The van der Waals surface area contributed by atoms with E-state index in [-0.39, 0.29) is 6.54 Å². The van der Waals surface area contributed by atoms with Crippen molar-refractivity contribution in [1.82, 2.24) is 5.32 Å². The van der Waals surface area contributed by atoms with Crippen molar-refractivity contribution in [2.75, 3.05) is 18.5 Å². The topological polar surface area (TPSA) is 93.7 Å². The summed E-state index contributed by atoms with van der Waals surface area (Å²) in [5, 5.41) is 5.21. The van der Waals surface area contributed by atoms with Gasteiger partial charge in [-0.2, -0.15) is 0 Å². The summed E-state index contributed by atoms with van der Waals surface area (Å²) >= 11 is 0. The molecule has 2 N–H and O–H groups in total. The molecule has 0 fully saturated rings. The lowest BCUT2D eigenvalue weighted by molar-refractivity contribution is -0.146. The van der Waals surface area contributed by atoms with Crippen LogP contribution in [0, 0.1) is 13.8 Å². The van der Waals surface area contributed by atoms with Crippen molar-refractivity contribution in [1.29, 1.82) is 0 Å². The molecule has 3 aromatic carbocycles. The highest BCUT2D eigenvalue weighted by molar-refractivity contribution is 5.97. The summed E-state index contributed by atoms with van der Waals surface area (Å²) in [7, 11) is 0. The zero-order chi connectivity index (χ0) is 22.9. The number of anilines is 1. The van der Waals surface area contributed by atoms with Gasteiger partial charge in [0.25, 0.3) is 11.8 Å². The van der Waals surface area contributed by atoms with Crippen molar-refractivity contribution in [3.05, 3.63) is 89.5 Å². The second kappa shape index (κ2) is 10.8. The van der Waals surface area contributed by atoms with E-state index in [1.807, 2.05) is 62.4 Å². The minimum atomic E-state index is -0.709. The number of carbonyl (C=O) groups excluding carboxylic acids is 3. The van der Waals surface area contributed by atoms with Gasteiger partial charge in [-0.1, -0.05) is 36.4 Å². The summed E-state index contributed by atoms with van der Waals surface area (Å²) in [4.78, 5) is 36.2. The first-order valence-electron chi connectivity index (χ1n) is 10.1. The lowest BCUT2D eigenvalue weighted by Gasteiger charge is -2.12. The number of benzene rings is 3. The maximum Gasteiger partial charge on any atom is 0.325 e. The van der Waals surface area contributed by atoms with Crippen molar-refractivity contribution in [2.45, 2.75) is 13.8 Å². The van der Waals surface area contributed by atoms with Crippen LogP contribution in [0.2, 0.25) is 0 Å². The monoisotopic (exact) mass is 432 g/mol. The van der Waals surface area contributed by atoms with Crippen LogP contribution < -0.4 is 15.4 Å². The normalized spacial score (nSPS) is 10.2. The molecule has 0 unspecified atom stereocenters. The fourth-order valence-corrected chi connectivity index (χ4v) is 2.94. The molecule has 2 amide bonds. The zero-order valence-electron chi connectivity index (χ0n) is 17.9. The van der Waals surface area contributed by atoms with Crippen LogP contribution in [0.15, 0.2) is 72.8 Å². The van der Waals surface area contributed by atoms with Crippen LogP contribution >= 0.6 is 0 Å². The van der Waals surface area contributed by atoms with Gasteiger partial charge in [0.2, 0.25) is 0 Å². The molecule has 7 heteroatoms. The second-order valence-corrected chi connectivity index (χ2v) is 7.10. The Bertz CT molecular complexity index is 1070. The molecule has 0 spiro atoms. The number of nitrogens with one attached hydrogen (secondary N) is 2. The summed E-state index contributed by atoms with van der Waals surface area (Å²) in [6.07, 6.45) is 0. The average molecular weight is 432 g/mol. The van der Waals surface area contributed by atoms with Crippen molar-refractivity contribution >= 4 is 23.5 Å². The van der Waals surface area contributed by atoms with E-state index in [0.717, 1.165) is 11.1 Å². The maximum absolute atomic E-state index is 12.2. The lowest BCUT2D eigenvalue weighted by atomic mass is 10.1. The number of hydrogen-bond acceptors (Lipinski definition) is 5. The van der Waals surface area contributed by atoms with E-state index in [1.54, 1.807) is 24.3 Å². The van der Waals surface area contributed by atoms with E-state index in [0.29, 0.717) is 22.7 Å². The summed E-state index contributed by atoms with van der Waals surface area (Å²) < 4.78 is 10.6. The Morgan fingerprint density at radius 3 is 2.06 bits per heavy atom. The summed E-state index contributed by atoms with van der Waals surface area (Å²) in [5.41, 5.74) is 2.89. The van der Waals surface area contributed by atoms with Gasteiger partial charge in [0.15, 0.2) is 6.61 Å². The van der Waals surface area contributed by atoms with E-state index >= 15 is 0 Å². The van der Waals surface area contributed by atoms with Crippen LogP contribution in [0.4, 0.5) is 5.69 Å². The first-order chi connectivity index (χ1) is 15.4. The number of para-hydroxylation sites is 2. The quantitative estimate of drug-likeness (QED) is 0.525. The molecule has 0 bridgehead atoms. The molecule has 0 aliphatic heterocycles. The van der Waals surface area contributed by atoms with Gasteiger partial charge in [-0.05, 0) is 61.4 Å². The zero-order valence-corrected chi connectivity index (χ0v) is 17.9. The molecule has 0 saturated heterocycles. The molecule has 164 valence electrons. The Morgan fingerprint density at radius 2 is 1.41 bits per heavy atom. The number of esters is 1. The van der Waals surface area contributed by atoms with Gasteiger partial charge in [-0.25, -0.2) is 0 Å². The molecule has 0 aromatic heterocycles. The Labute approximate surface area is 186 Å². The number of hydrogen-bond donors (Lipinski definition) is 2. The molecule has 0 aliphatic carbocycles. The Morgan fingerprint density at radius 1 is 0.781 bits per heavy atom. The molecular weight excluding hydrogens is 408 g/mol. The maximum atomic E-state index is 12.2. The number of rotatable bonds is 8. The third kappa shape index (κ3) is 6.43. The smallest absolute Gasteiger partial charge is 0.325 e. The van der Waals surface area contributed by atoms with Gasteiger partial charge < -0.3 is 20.1 Å². The average Bonchev–Trinajstić information content (AvgIpc) is 2.80. The highest BCUT2D eigenvalue weighted by Gasteiger charge is 2.12. The molecule has 0 aliphatic rings. The van der Waals surface area contributed by atoms with Crippen molar-refractivity contribution in [2.24, 2.45) is 0 Å². The minimum absolute atomic E-state index is 0.349. The first-order valence-corrected chi connectivity index (χ1v) is 10.1. The predicted molar refractivity (Wildman–Crippen MR) is 121 cm³/mol. The molecule has 32 heavy (non-hydrogen) atoms. The van der Waals surface area contributed by atoms with Gasteiger partial charge in [-0.15, -0.1) is 0 Å². The fourth-order valence-electron chi connectivity index (χ4n) is 2.94. The third-order valence-corrected chi connectivity index (χ3v) is 4.60. The molecule has 7 nitrogen and oxygen atoms in total. The summed E-state index contributed by atoms with van der Waals surface area (Å²) in [5.74, 6) is -0.320. The molecule has 0 atom stereocenters. The highest BCUT2D eigenvalue weighted by Crippen LogP contribution is 2.21. The fraction of sp³-hybridized carbons (Fsp3) is 0.160. The van der Waals surface area contributed by atoms with Crippen LogP contribution in [-0.4, -0.2) is 30.9 Å². The van der Waals surface area contributed by atoms with E-state index < -0.39 is 24.4 Å². The third-order valence-electron chi connectivity index (χ3n) is 4.60. The van der Waals surface area contributed by atoms with Crippen LogP contribution in [0.3, 0.4) is 0 Å². The van der Waals surface area contributed by atoms with Crippen LogP contribution in [0.5, 0.6) is 11.5 Å². The van der Waals surface area contributed by atoms with Crippen LogP contribution in [0.25, 0.3) is 0 Å². The predicted octanol–water partition coefficient (Wildman–Crippen LogP) is 4.01. The van der Waals surface area contributed by atoms with Gasteiger partial charge in [0.1, 0.15) is 18.0 Å². The van der Waals surface area contributed by atoms with Crippen molar-refractivity contribution in [3.8, 4) is 11.5 Å². The van der Waals surface area contributed by atoms with Crippen molar-refractivity contribution in [3.63, 3.8) is 0 Å². The van der Waals surface area contributed by atoms with E-state index in [1.165, 1.54) is 0 Å². The lowest BCUT2D eigenvalue weighted by Crippen LogP contribution is -2.32.